The van der Waals surface area contributed by atoms with E-state index in [1.807, 2.05) is 0 Å². The van der Waals surface area contributed by atoms with Crippen molar-refractivity contribution in [1.82, 2.24) is 0 Å². The predicted molar refractivity (Wildman–Crippen MR) is 30.5 cm³/mol. The van der Waals surface area contributed by atoms with Gasteiger partial charge in [0.05, 0.1) is 10.9 Å². The summed E-state index contributed by atoms with van der Waals surface area (Å²) in [5.74, 6) is 0. The van der Waals surface area contributed by atoms with Gasteiger partial charge in [-0.15, -0.1) is 0 Å². The Morgan fingerprint density at radius 2 is 2.29 bits per heavy atom. The monoisotopic (exact) mass is 166 g/mol. The summed E-state index contributed by atoms with van der Waals surface area (Å²) in [6.45, 7) is 1.55. The molecule has 3 heteroatoms. The van der Waals surface area contributed by atoms with Crippen LogP contribution in [0.3, 0.4) is 0 Å². The van der Waals surface area contributed by atoms with E-state index >= 15 is 0 Å². The second-order valence-corrected chi connectivity index (χ2v) is 2.38. The molecule has 0 heterocycles. The molecule has 0 radical (unpaired) electrons. The first-order valence-corrected chi connectivity index (χ1v) is 2.87. The molecule has 0 aromatic carbocycles. The number of hydrogen-bond acceptors (Lipinski definition) is 2. The molecule has 1 N–H and O–H groups in total. The van der Waals surface area contributed by atoms with Gasteiger partial charge in [0.2, 0.25) is 0 Å². The highest BCUT2D eigenvalue weighted by Gasteiger charge is 2.06. The summed E-state index contributed by atoms with van der Waals surface area (Å²) >= 11 is 2.92. The van der Waals surface area contributed by atoms with Crippen LogP contribution < -0.4 is 0 Å². The van der Waals surface area contributed by atoms with E-state index in [4.69, 9.17) is 5.11 Å². The van der Waals surface area contributed by atoms with Gasteiger partial charge < -0.3 is 9.90 Å². The minimum Gasteiger partial charge on any atom is -0.392 e. The van der Waals surface area contributed by atoms with E-state index in [1.54, 1.807) is 6.92 Å². The first-order chi connectivity index (χ1) is 3.18. The van der Waals surface area contributed by atoms with Crippen molar-refractivity contribution in [3.8, 4) is 0 Å². The average molecular weight is 167 g/mol. The Hall–Kier alpha value is 0.110. The third-order valence-corrected chi connectivity index (χ3v) is 1.57. The summed E-state index contributed by atoms with van der Waals surface area (Å²) in [7, 11) is 0. The molecule has 42 valence electrons. The molecule has 0 aliphatic heterocycles. The molecule has 2 unspecified atom stereocenters. The Kier molecular flexibility index (Phi) is 3.21. The highest BCUT2D eigenvalue weighted by molar-refractivity contribution is 9.10. The fraction of sp³-hybridized carbons (Fsp3) is 0.750. The molecule has 0 saturated heterocycles. The molecule has 0 rings (SSSR count). The smallest absolute Gasteiger partial charge is 0.136 e. The predicted octanol–water partition coefficient (Wildman–Crippen LogP) is 0.330. The van der Waals surface area contributed by atoms with Crippen LogP contribution >= 0.6 is 15.9 Å². The van der Waals surface area contributed by atoms with Gasteiger partial charge >= 0.3 is 0 Å². The molecule has 0 aliphatic rings. The van der Waals surface area contributed by atoms with Gasteiger partial charge in [0, 0.05) is 0 Å². The first kappa shape index (κ1) is 7.11. The minimum absolute atomic E-state index is 0.410. The van der Waals surface area contributed by atoms with Gasteiger partial charge in [0.1, 0.15) is 6.29 Å². The Morgan fingerprint density at radius 1 is 1.86 bits per heavy atom. The fourth-order valence-corrected chi connectivity index (χ4v) is 0.114. The molecular weight excluding hydrogens is 160 g/mol. The Labute approximate surface area is 50.7 Å². The van der Waals surface area contributed by atoms with Crippen molar-refractivity contribution in [2.24, 2.45) is 0 Å². The summed E-state index contributed by atoms with van der Waals surface area (Å²) in [4.78, 5) is 9.33. The molecule has 2 nitrogen and oxygen atoms in total. The average Bonchev–Trinajstić information content (AvgIpc) is 1.65. The van der Waals surface area contributed by atoms with Crippen LogP contribution in [0.15, 0.2) is 0 Å². The number of hydrogen-bond donors (Lipinski definition) is 1. The van der Waals surface area contributed by atoms with Crippen molar-refractivity contribution >= 4 is 22.2 Å². The molecule has 0 aromatic heterocycles. The quantitative estimate of drug-likeness (QED) is 0.475. The molecule has 0 amide bonds. The zero-order valence-corrected chi connectivity index (χ0v) is 5.55. The minimum atomic E-state index is -0.586. The van der Waals surface area contributed by atoms with E-state index < -0.39 is 10.9 Å². The summed E-state index contributed by atoms with van der Waals surface area (Å²) in [5.41, 5.74) is 0. The van der Waals surface area contributed by atoms with Crippen LogP contribution in [0.1, 0.15) is 6.92 Å². The molecule has 2 atom stereocenters. The van der Waals surface area contributed by atoms with Gasteiger partial charge in [-0.2, -0.15) is 0 Å². The normalized spacial score (nSPS) is 18.1. The number of aliphatic hydroxyl groups excluding tert-OH is 1. The molecule has 0 fully saturated rings. The molecule has 7 heavy (non-hydrogen) atoms. The van der Waals surface area contributed by atoms with Gasteiger partial charge in [0.25, 0.3) is 0 Å². The molecule has 0 spiro atoms. The number of aliphatic hydroxyl groups is 1. The van der Waals surface area contributed by atoms with Gasteiger partial charge in [-0.05, 0) is 6.92 Å². The molecule has 0 saturated carbocycles. The van der Waals surface area contributed by atoms with Gasteiger partial charge in [-0.25, -0.2) is 0 Å². The van der Waals surface area contributed by atoms with Gasteiger partial charge in [-0.3, -0.25) is 0 Å². The van der Waals surface area contributed by atoms with E-state index in [0.29, 0.717) is 6.29 Å². The fourth-order valence-electron chi connectivity index (χ4n) is 0.114. The van der Waals surface area contributed by atoms with Crippen molar-refractivity contribution in [1.29, 1.82) is 0 Å². The zero-order chi connectivity index (χ0) is 5.86. The Morgan fingerprint density at radius 3 is 2.29 bits per heavy atom. The Balaban J connectivity index is 3.33. The number of rotatable bonds is 2. The third kappa shape index (κ3) is 2.76. The van der Waals surface area contributed by atoms with Crippen molar-refractivity contribution in [3.05, 3.63) is 0 Å². The summed E-state index contributed by atoms with van der Waals surface area (Å²) in [6.07, 6.45) is 0.0718. The van der Waals surface area contributed by atoms with E-state index in [9.17, 15) is 4.79 Å². The van der Waals surface area contributed by atoms with Crippen molar-refractivity contribution < 1.29 is 9.90 Å². The van der Waals surface area contributed by atoms with Crippen molar-refractivity contribution in [2.45, 2.75) is 17.9 Å². The third-order valence-electron chi connectivity index (χ3n) is 0.591. The molecule has 0 bridgehead atoms. The number of carbonyl (C=O) groups excluding carboxylic acids is 1. The molecule has 0 aromatic rings. The maximum absolute atomic E-state index is 9.74. The second kappa shape index (κ2) is 3.16. The zero-order valence-electron chi connectivity index (χ0n) is 3.97. The van der Waals surface area contributed by atoms with Gasteiger partial charge in [-0.1, -0.05) is 15.9 Å². The topological polar surface area (TPSA) is 37.3 Å². The van der Waals surface area contributed by atoms with Crippen LogP contribution in [-0.2, 0) is 4.79 Å². The van der Waals surface area contributed by atoms with E-state index in [0.717, 1.165) is 0 Å². The lowest BCUT2D eigenvalue weighted by atomic mass is 10.3. The highest BCUT2D eigenvalue weighted by atomic mass is 79.9. The number of aldehydes is 1. The summed E-state index contributed by atoms with van der Waals surface area (Å²) in [6, 6.07) is 0. The SMILES string of the molecule is CC(O)C(Br)C=O. The lowest BCUT2D eigenvalue weighted by Crippen LogP contribution is -2.16. The van der Waals surface area contributed by atoms with E-state index in [-0.39, 0.29) is 0 Å². The largest absolute Gasteiger partial charge is 0.392 e. The lowest BCUT2D eigenvalue weighted by Gasteiger charge is -2.01. The number of carbonyl (C=O) groups is 1. The van der Waals surface area contributed by atoms with Crippen LogP contribution in [0.5, 0.6) is 0 Å². The second-order valence-electron chi connectivity index (χ2n) is 1.32. The van der Waals surface area contributed by atoms with E-state index in [2.05, 4.69) is 15.9 Å². The highest BCUT2D eigenvalue weighted by Crippen LogP contribution is 1.99. The number of halogens is 1. The van der Waals surface area contributed by atoms with Crippen LogP contribution in [-0.4, -0.2) is 22.3 Å². The molecular formula is C4H7BrO2. The van der Waals surface area contributed by atoms with Crippen LogP contribution in [0.25, 0.3) is 0 Å². The van der Waals surface area contributed by atoms with Crippen LogP contribution in [0.4, 0.5) is 0 Å². The lowest BCUT2D eigenvalue weighted by molar-refractivity contribution is -0.108. The maximum Gasteiger partial charge on any atom is 0.136 e. The van der Waals surface area contributed by atoms with Crippen molar-refractivity contribution in [3.63, 3.8) is 0 Å². The standard InChI is InChI=1S/C4H7BrO2/c1-3(7)4(5)2-6/h2-4,7H,1H3. The first-order valence-electron chi connectivity index (χ1n) is 1.96. The van der Waals surface area contributed by atoms with E-state index in [1.165, 1.54) is 0 Å². The summed E-state index contributed by atoms with van der Waals surface area (Å²) in [5, 5.41) is 8.54. The number of alkyl halides is 1. The Bertz CT molecular complexity index is 62.7. The molecule has 0 aliphatic carbocycles. The maximum atomic E-state index is 9.74. The summed E-state index contributed by atoms with van der Waals surface area (Å²) < 4.78 is 0. The van der Waals surface area contributed by atoms with Crippen molar-refractivity contribution in [2.75, 3.05) is 0 Å². The van der Waals surface area contributed by atoms with Crippen LogP contribution in [0.2, 0.25) is 0 Å². The van der Waals surface area contributed by atoms with Gasteiger partial charge in [0.15, 0.2) is 0 Å². The van der Waals surface area contributed by atoms with Crippen LogP contribution in [0, 0.1) is 0 Å².